The van der Waals surface area contributed by atoms with Gasteiger partial charge in [-0.05, 0) is 42.0 Å². The number of benzene rings is 3. The van der Waals surface area contributed by atoms with E-state index in [2.05, 4.69) is 0 Å². The van der Waals surface area contributed by atoms with Crippen molar-refractivity contribution in [1.82, 2.24) is 0 Å². The third-order valence-corrected chi connectivity index (χ3v) is 9.05. The first kappa shape index (κ1) is 26.0. The highest BCUT2D eigenvalue weighted by atomic mass is 16.8. The molecule has 4 amide bonds. The zero-order valence-corrected chi connectivity index (χ0v) is 21.7. The van der Waals surface area contributed by atoms with E-state index >= 15 is 0 Å². The molecule has 1 saturated carbocycles. The highest BCUT2D eigenvalue weighted by Gasteiger charge is 2.75. The Morgan fingerprint density at radius 3 is 1.57 bits per heavy atom. The van der Waals surface area contributed by atoms with Gasteiger partial charge in [-0.3, -0.25) is 29.6 Å². The summed E-state index contributed by atoms with van der Waals surface area (Å²) in [6, 6.07) is 19.7. The summed E-state index contributed by atoms with van der Waals surface area (Å²) >= 11 is 0. The second kappa shape index (κ2) is 9.06. The molecule has 0 radical (unpaired) electrons. The molecule has 212 valence electrons. The summed E-state index contributed by atoms with van der Waals surface area (Å²) < 4.78 is 0. The first-order valence-corrected chi connectivity index (χ1v) is 13.2. The van der Waals surface area contributed by atoms with Gasteiger partial charge in [0.25, 0.3) is 0 Å². The Morgan fingerprint density at radius 2 is 1.12 bits per heavy atom. The third kappa shape index (κ3) is 3.31. The first-order chi connectivity index (χ1) is 20.2. The Morgan fingerprint density at radius 1 is 0.643 bits per heavy atom. The van der Waals surface area contributed by atoms with Crippen molar-refractivity contribution in [2.24, 2.45) is 29.6 Å². The number of nitrogens with zero attached hydrogens (tertiary/aromatic N) is 4. The number of hydrogen-bond donors (Lipinski definition) is 2. The summed E-state index contributed by atoms with van der Waals surface area (Å²) in [6.07, 6.45) is 3.51. The van der Waals surface area contributed by atoms with Gasteiger partial charge in [0, 0.05) is 11.3 Å². The van der Waals surface area contributed by atoms with E-state index in [-0.39, 0.29) is 33.2 Å². The SMILES string of the molecule is O=C1[C@@H]2C3C=CC(c4ccccc4)([C@H]2C(=O)N1c1cccc(N([O-])O)c1)[C@H]1C(=O)N(c2cccc(N([O-])O)c2)C(=O)[C@@H]31. The molecule has 3 aliphatic carbocycles. The minimum Gasteiger partial charge on any atom is -0.733 e. The van der Waals surface area contributed by atoms with Crippen LogP contribution in [0.3, 0.4) is 0 Å². The van der Waals surface area contributed by atoms with Gasteiger partial charge in [0.05, 0.1) is 46.4 Å². The predicted octanol–water partition coefficient (Wildman–Crippen LogP) is 3.12. The number of rotatable bonds is 5. The molecule has 2 N–H and O–H groups in total. The van der Waals surface area contributed by atoms with Crippen molar-refractivity contribution in [3.8, 4) is 0 Å². The van der Waals surface area contributed by atoms with Crippen LogP contribution in [0, 0.1) is 40.0 Å². The lowest BCUT2D eigenvalue weighted by Gasteiger charge is -2.53. The van der Waals surface area contributed by atoms with Gasteiger partial charge in [0.1, 0.15) is 0 Å². The van der Waals surface area contributed by atoms with E-state index < -0.39 is 58.6 Å². The fourth-order valence-corrected chi connectivity index (χ4v) is 7.49. The second-order valence-corrected chi connectivity index (χ2v) is 10.9. The third-order valence-electron chi connectivity index (χ3n) is 9.05. The van der Waals surface area contributed by atoms with Crippen molar-refractivity contribution in [3.05, 3.63) is 107 Å². The van der Waals surface area contributed by atoms with Crippen LogP contribution in [0.5, 0.6) is 0 Å². The van der Waals surface area contributed by atoms with Crippen LogP contribution in [-0.4, -0.2) is 34.0 Å². The minimum atomic E-state index is -1.37. The highest BCUT2D eigenvalue weighted by Crippen LogP contribution is 2.65. The monoisotopic (exact) mass is 566 g/mol. The zero-order valence-electron chi connectivity index (χ0n) is 21.7. The molecular weight excluding hydrogens is 544 g/mol. The minimum absolute atomic E-state index is 0.0850. The van der Waals surface area contributed by atoms with Crippen molar-refractivity contribution in [1.29, 1.82) is 0 Å². The maximum atomic E-state index is 14.3. The van der Waals surface area contributed by atoms with Gasteiger partial charge >= 0.3 is 0 Å². The molecule has 3 aromatic rings. The molecule has 2 aliphatic heterocycles. The van der Waals surface area contributed by atoms with E-state index in [1.54, 1.807) is 42.5 Å². The summed E-state index contributed by atoms with van der Waals surface area (Å²) in [7, 11) is 0. The van der Waals surface area contributed by atoms with Crippen LogP contribution in [0.1, 0.15) is 5.56 Å². The molecule has 6 atom stereocenters. The lowest BCUT2D eigenvalue weighted by molar-refractivity contribution is -0.140. The van der Waals surface area contributed by atoms with Gasteiger partial charge in [-0.15, -0.1) is 0 Å². The Labute approximate surface area is 238 Å². The Hall–Kier alpha value is -4.88. The van der Waals surface area contributed by atoms with E-state index in [4.69, 9.17) is 0 Å². The van der Waals surface area contributed by atoms with Crippen LogP contribution < -0.4 is 20.3 Å². The molecule has 2 unspecified atom stereocenters. The molecule has 8 rings (SSSR count). The van der Waals surface area contributed by atoms with E-state index in [0.29, 0.717) is 5.56 Å². The van der Waals surface area contributed by atoms with Crippen LogP contribution in [0.15, 0.2) is 91.0 Å². The summed E-state index contributed by atoms with van der Waals surface area (Å²) in [6.45, 7) is 0. The van der Waals surface area contributed by atoms with E-state index in [1.807, 2.05) is 0 Å². The summed E-state index contributed by atoms with van der Waals surface area (Å²) in [4.78, 5) is 58.7. The average Bonchev–Trinajstić information content (AvgIpc) is 3.44. The standard InChI is InChI=1S/C30H22N4O8/c35-26-22-21-12-13-30(16-6-2-1-3-7-16,24(22)28(37)31(26)17-8-4-10-19(14-17)33(39)40)25-23(21)27(36)32(29(25)38)18-9-5-11-20(15-18)34(41)42/h1-15,21-25,39,41H/q-2/t21?,22-,23+,24-,25-,30?/m1/s1. The number of imide groups is 2. The van der Waals surface area contributed by atoms with Gasteiger partial charge in [0.2, 0.25) is 23.6 Å². The Balaban J connectivity index is 1.39. The molecule has 12 heteroatoms. The molecule has 5 aliphatic rings. The summed E-state index contributed by atoms with van der Waals surface area (Å²) in [5.41, 5.74) is -0.973. The number of hydrogen-bond acceptors (Lipinski definition) is 10. The summed E-state index contributed by atoms with van der Waals surface area (Å²) in [5.74, 6) is -7.16. The van der Waals surface area contributed by atoms with Crippen LogP contribution >= 0.6 is 0 Å². The van der Waals surface area contributed by atoms with Crippen LogP contribution in [0.4, 0.5) is 22.7 Å². The fraction of sp³-hybridized carbons (Fsp3) is 0.200. The van der Waals surface area contributed by atoms with Crippen molar-refractivity contribution < 1.29 is 29.6 Å². The normalized spacial score (nSPS) is 29.3. The zero-order chi connectivity index (χ0) is 29.5. The second-order valence-electron chi connectivity index (χ2n) is 10.9. The predicted molar refractivity (Wildman–Crippen MR) is 148 cm³/mol. The quantitative estimate of drug-likeness (QED) is 0.266. The number of amides is 4. The van der Waals surface area contributed by atoms with Crippen LogP contribution in [0.2, 0.25) is 0 Å². The lowest BCUT2D eigenvalue weighted by Crippen LogP contribution is -2.60. The molecule has 12 nitrogen and oxygen atoms in total. The van der Waals surface area contributed by atoms with E-state index in [0.717, 1.165) is 9.80 Å². The van der Waals surface area contributed by atoms with E-state index in [9.17, 15) is 40.0 Å². The van der Waals surface area contributed by atoms with Crippen LogP contribution in [-0.2, 0) is 24.6 Å². The average molecular weight is 567 g/mol. The van der Waals surface area contributed by atoms with Gasteiger partial charge in [0.15, 0.2) is 0 Å². The Kier molecular flexibility index (Phi) is 5.62. The smallest absolute Gasteiger partial charge is 0.238 e. The molecule has 42 heavy (non-hydrogen) atoms. The number of carbonyl (C=O) groups excluding carboxylic acids is 4. The summed E-state index contributed by atoms with van der Waals surface area (Å²) in [5, 5.41) is 41.2. The molecule has 2 bridgehead atoms. The van der Waals surface area contributed by atoms with Crippen molar-refractivity contribution >= 4 is 46.4 Å². The molecular formula is C30H22N4O8-2. The topological polar surface area (TPSA) is 168 Å². The lowest BCUT2D eigenvalue weighted by atomic mass is 9.45. The van der Waals surface area contributed by atoms with Gasteiger partial charge < -0.3 is 20.9 Å². The van der Waals surface area contributed by atoms with Gasteiger partial charge in [-0.1, -0.05) is 54.6 Å². The maximum Gasteiger partial charge on any atom is 0.238 e. The largest absolute Gasteiger partial charge is 0.733 e. The van der Waals surface area contributed by atoms with Crippen molar-refractivity contribution in [2.45, 2.75) is 5.41 Å². The fourth-order valence-electron chi connectivity index (χ4n) is 7.49. The number of carbonyl (C=O) groups is 4. The molecule has 3 aromatic carbocycles. The van der Waals surface area contributed by atoms with Gasteiger partial charge in [-0.25, -0.2) is 9.80 Å². The molecule has 0 spiro atoms. The van der Waals surface area contributed by atoms with Crippen molar-refractivity contribution in [3.63, 3.8) is 0 Å². The molecule has 2 saturated heterocycles. The number of anilines is 4. The van der Waals surface area contributed by atoms with Crippen molar-refractivity contribution in [2.75, 3.05) is 20.3 Å². The maximum absolute atomic E-state index is 14.3. The van der Waals surface area contributed by atoms with Crippen LogP contribution in [0.25, 0.3) is 0 Å². The van der Waals surface area contributed by atoms with Gasteiger partial charge in [-0.2, -0.15) is 0 Å². The highest BCUT2D eigenvalue weighted by molar-refractivity contribution is 6.27. The van der Waals surface area contributed by atoms with E-state index in [1.165, 1.54) is 48.5 Å². The molecule has 0 aromatic heterocycles. The first-order valence-electron chi connectivity index (χ1n) is 13.2. The molecule has 2 heterocycles. The Bertz CT molecular complexity index is 1590. The number of allylic oxidation sites excluding steroid dienone is 2. The molecule has 3 fully saturated rings.